The van der Waals surface area contributed by atoms with Crippen molar-refractivity contribution in [2.75, 3.05) is 13.1 Å². The van der Waals surface area contributed by atoms with Gasteiger partial charge in [0.2, 0.25) is 5.91 Å². The minimum atomic E-state index is -0.202. The number of carbonyl (C=O) groups is 1. The van der Waals surface area contributed by atoms with Crippen LogP contribution in [0, 0.1) is 5.82 Å². The molecule has 0 atom stereocenters. The van der Waals surface area contributed by atoms with Crippen LogP contribution in [-0.2, 0) is 4.79 Å². The van der Waals surface area contributed by atoms with Gasteiger partial charge in [-0.2, -0.15) is 0 Å². The molecule has 0 unspecified atom stereocenters. The molecule has 1 amide bonds. The molecule has 20 heavy (non-hydrogen) atoms. The highest BCUT2D eigenvalue weighted by molar-refractivity contribution is 5.80. The van der Waals surface area contributed by atoms with E-state index in [1.807, 2.05) is 17.9 Å². The van der Waals surface area contributed by atoms with E-state index in [9.17, 15) is 9.18 Å². The average Bonchev–Trinajstić information content (AvgIpc) is 2.89. The Morgan fingerprint density at radius 1 is 1.35 bits per heavy atom. The molecule has 1 fully saturated rings. The number of halogens is 1. The lowest BCUT2D eigenvalue weighted by Gasteiger charge is -2.31. The zero-order valence-corrected chi connectivity index (χ0v) is 11.7. The van der Waals surface area contributed by atoms with E-state index in [4.69, 9.17) is 0 Å². The van der Waals surface area contributed by atoms with Crippen LogP contribution in [0.5, 0.6) is 0 Å². The number of piperidine rings is 1. The fourth-order valence-corrected chi connectivity index (χ4v) is 3.01. The Hall–Kier alpha value is -1.84. The number of carbonyl (C=O) groups excluding carboxylic acids is 1. The maximum absolute atomic E-state index is 13.2. The summed E-state index contributed by atoms with van der Waals surface area (Å²) in [6.45, 7) is 3.54. The number of H-pyrrole nitrogens is 1. The summed E-state index contributed by atoms with van der Waals surface area (Å²) >= 11 is 0. The van der Waals surface area contributed by atoms with E-state index >= 15 is 0 Å². The molecule has 106 valence electrons. The number of amides is 1. The van der Waals surface area contributed by atoms with Crippen molar-refractivity contribution in [2.24, 2.45) is 0 Å². The maximum atomic E-state index is 13.2. The van der Waals surface area contributed by atoms with Crippen LogP contribution in [-0.4, -0.2) is 28.9 Å². The third-order valence-corrected chi connectivity index (χ3v) is 4.19. The molecule has 1 N–H and O–H groups in total. The lowest BCUT2D eigenvalue weighted by atomic mass is 9.93. The molecule has 0 radical (unpaired) electrons. The van der Waals surface area contributed by atoms with Crippen LogP contribution in [0.3, 0.4) is 0 Å². The predicted octanol–water partition coefficient (Wildman–Crippen LogP) is 3.42. The summed E-state index contributed by atoms with van der Waals surface area (Å²) in [6.07, 6.45) is 2.53. The van der Waals surface area contributed by atoms with Crippen LogP contribution in [0.15, 0.2) is 24.3 Å². The van der Waals surface area contributed by atoms with Crippen molar-refractivity contribution in [1.82, 2.24) is 9.88 Å². The van der Waals surface area contributed by atoms with Gasteiger partial charge in [0.1, 0.15) is 5.82 Å². The Morgan fingerprint density at radius 2 is 2.10 bits per heavy atom. The highest BCUT2D eigenvalue weighted by atomic mass is 19.1. The number of hydrogen-bond acceptors (Lipinski definition) is 1. The van der Waals surface area contributed by atoms with E-state index in [1.54, 1.807) is 12.1 Å². The number of aromatic nitrogens is 1. The van der Waals surface area contributed by atoms with Crippen LogP contribution in [0.25, 0.3) is 10.9 Å². The minimum absolute atomic E-state index is 0.202. The normalized spacial score (nSPS) is 16.8. The van der Waals surface area contributed by atoms with Crippen LogP contribution < -0.4 is 0 Å². The maximum Gasteiger partial charge on any atom is 0.222 e. The highest BCUT2D eigenvalue weighted by Gasteiger charge is 2.23. The number of rotatable bonds is 2. The van der Waals surface area contributed by atoms with Gasteiger partial charge in [0, 0.05) is 42.0 Å². The standard InChI is InChI=1S/C16H19FN2O/c1-2-16(20)19-7-5-11(6-8-19)15-10-12-9-13(17)3-4-14(12)18-15/h3-4,9-11,18H,2,5-8H2,1H3. The second kappa shape index (κ2) is 5.27. The van der Waals surface area contributed by atoms with Crippen molar-refractivity contribution in [2.45, 2.75) is 32.1 Å². The molecule has 1 aliphatic heterocycles. The Morgan fingerprint density at radius 3 is 2.80 bits per heavy atom. The smallest absolute Gasteiger partial charge is 0.222 e. The van der Waals surface area contributed by atoms with Gasteiger partial charge in [0.25, 0.3) is 0 Å². The van der Waals surface area contributed by atoms with Gasteiger partial charge in [-0.3, -0.25) is 4.79 Å². The van der Waals surface area contributed by atoms with E-state index in [0.717, 1.165) is 42.5 Å². The quantitative estimate of drug-likeness (QED) is 0.895. The molecular weight excluding hydrogens is 255 g/mol. The zero-order valence-electron chi connectivity index (χ0n) is 11.7. The summed E-state index contributed by atoms with van der Waals surface area (Å²) in [4.78, 5) is 17.0. The topological polar surface area (TPSA) is 36.1 Å². The summed E-state index contributed by atoms with van der Waals surface area (Å²) < 4.78 is 13.2. The first-order chi connectivity index (χ1) is 9.67. The van der Waals surface area contributed by atoms with Gasteiger partial charge in [0.15, 0.2) is 0 Å². The Balaban J connectivity index is 1.75. The van der Waals surface area contributed by atoms with Crippen molar-refractivity contribution in [3.8, 4) is 0 Å². The van der Waals surface area contributed by atoms with Gasteiger partial charge in [0.05, 0.1) is 0 Å². The zero-order chi connectivity index (χ0) is 14.1. The van der Waals surface area contributed by atoms with Gasteiger partial charge in [-0.1, -0.05) is 6.92 Å². The van der Waals surface area contributed by atoms with E-state index < -0.39 is 0 Å². The van der Waals surface area contributed by atoms with Crippen LogP contribution in [0.2, 0.25) is 0 Å². The number of benzene rings is 1. The molecule has 4 heteroatoms. The molecule has 3 nitrogen and oxygen atoms in total. The number of nitrogens with one attached hydrogen (secondary N) is 1. The van der Waals surface area contributed by atoms with Crippen molar-refractivity contribution in [1.29, 1.82) is 0 Å². The number of aromatic amines is 1. The molecule has 2 heterocycles. The van der Waals surface area contributed by atoms with E-state index in [-0.39, 0.29) is 11.7 Å². The second-order valence-corrected chi connectivity index (χ2v) is 5.46. The Bertz CT molecular complexity index is 626. The first-order valence-electron chi connectivity index (χ1n) is 7.23. The van der Waals surface area contributed by atoms with E-state index in [2.05, 4.69) is 4.98 Å². The van der Waals surface area contributed by atoms with Crippen LogP contribution >= 0.6 is 0 Å². The fraction of sp³-hybridized carbons (Fsp3) is 0.438. The van der Waals surface area contributed by atoms with Gasteiger partial charge in [-0.25, -0.2) is 4.39 Å². The molecule has 2 aromatic rings. The number of fused-ring (bicyclic) bond motifs is 1. The summed E-state index contributed by atoms with van der Waals surface area (Å²) in [5.41, 5.74) is 2.14. The lowest BCUT2D eigenvalue weighted by Crippen LogP contribution is -2.37. The number of nitrogens with zero attached hydrogens (tertiary/aromatic N) is 1. The first-order valence-corrected chi connectivity index (χ1v) is 7.23. The average molecular weight is 274 g/mol. The molecular formula is C16H19FN2O. The van der Waals surface area contributed by atoms with Crippen molar-refractivity contribution in [3.63, 3.8) is 0 Å². The van der Waals surface area contributed by atoms with Crippen molar-refractivity contribution in [3.05, 3.63) is 35.8 Å². The third-order valence-electron chi connectivity index (χ3n) is 4.19. The number of hydrogen-bond donors (Lipinski definition) is 1. The number of likely N-dealkylation sites (tertiary alicyclic amines) is 1. The fourth-order valence-electron chi connectivity index (χ4n) is 3.01. The molecule has 0 aliphatic carbocycles. The van der Waals surface area contributed by atoms with Crippen LogP contribution in [0.4, 0.5) is 4.39 Å². The van der Waals surface area contributed by atoms with E-state index in [1.165, 1.54) is 6.07 Å². The third kappa shape index (κ3) is 2.42. The predicted molar refractivity (Wildman–Crippen MR) is 77.1 cm³/mol. The van der Waals surface area contributed by atoms with Gasteiger partial charge >= 0.3 is 0 Å². The highest BCUT2D eigenvalue weighted by Crippen LogP contribution is 2.30. The summed E-state index contributed by atoms with van der Waals surface area (Å²) in [5.74, 6) is 0.472. The Labute approximate surface area is 117 Å². The van der Waals surface area contributed by atoms with Crippen LogP contribution in [0.1, 0.15) is 37.8 Å². The molecule has 3 rings (SSSR count). The molecule has 0 bridgehead atoms. The largest absolute Gasteiger partial charge is 0.358 e. The lowest BCUT2D eigenvalue weighted by molar-refractivity contribution is -0.131. The van der Waals surface area contributed by atoms with Crippen molar-refractivity contribution >= 4 is 16.8 Å². The van der Waals surface area contributed by atoms with Crippen molar-refractivity contribution < 1.29 is 9.18 Å². The molecule has 0 spiro atoms. The van der Waals surface area contributed by atoms with Gasteiger partial charge in [-0.05, 0) is 37.1 Å². The Kier molecular flexibility index (Phi) is 3.47. The minimum Gasteiger partial charge on any atom is -0.358 e. The summed E-state index contributed by atoms with van der Waals surface area (Å²) in [7, 11) is 0. The molecule has 0 saturated carbocycles. The monoisotopic (exact) mass is 274 g/mol. The summed E-state index contributed by atoms with van der Waals surface area (Å²) in [5, 5.41) is 0.923. The molecule has 1 aromatic heterocycles. The second-order valence-electron chi connectivity index (χ2n) is 5.46. The first kappa shape index (κ1) is 13.2. The molecule has 1 aliphatic rings. The SMILES string of the molecule is CCC(=O)N1CCC(c2cc3cc(F)ccc3[nH]2)CC1. The molecule has 1 saturated heterocycles. The van der Waals surface area contributed by atoms with Gasteiger partial charge in [-0.15, -0.1) is 0 Å². The summed E-state index contributed by atoms with van der Waals surface area (Å²) in [6, 6.07) is 6.86. The van der Waals surface area contributed by atoms with Gasteiger partial charge < -0.3 is 9.88 Å². The molecule has 1 aromatic carbocycles. The van der Waals surface area contributed by atoms with E-state index in [0.29, 0.717) is 12.3 Å².